The van der Waals surface area contributed by atoms with Crippen molar-refractivity contribution in [3.63, 3.8) is 0 Å². The molecule has 0 spiro atoms. The lowest BCUT2D eigenvalue weighted by Crippen LogP contribution is -2.36. The van der Waals surface area contributed by atoms with Crippen LogP contribution in [-0.4, -0.2) is 32.9 Å². The summed E-state index contributed by atoms with van der Waals surface area (Å²) in [5.74, 6) is 0.795. The Kier molecular flexibility index (Phi) is 6.04. The summed E-state index contributed by atoms with van der Waals surface area (Å²) < 4.78 is 32.7. The van der Waals surface area contributed by atoms with E-state index >= 15 is 0 Å². The van der Waals surface area contributed by atoms with Crippen molar-refractivity contribution in [2.45, 2.75) is 38.1 Å². The number of hydrogen-bond donors (Lipinski definition) is 0. The largest absolute Gasteiger partial charge is 0.495 e. The summed E-state index contributed by atoms with van der Waals surface area (Å²) >= 11 is 3.31. The van der Waals surface area contributed by atoms with Crippen molar-refractivity contribution in [1.29, 1.82) is 0 Å². The molecule has 0 aliphatic rings. The van der Waals surface area contributed by atoms with Gasteiger partial charge in [-0.25, -0.2) is 8.42 Å². The van der Waals surface area contributed by atoms with Crippen molar-refractivity contribution in [2.75, 3.05) is 14.2 Å². The Bertz CT molecular complexity index is 558. The van der Waals surface area contributed by atoms with Crippen molar-refractivity contribution in [3.8, 4) is 5.75 Å². The molecule has 1 unspecified atom stereocenters. The van der Waals surface area contributed by atoms with Gasteiger partial charge in [0, 0.05) is 17.6 Å². The van der Waals surface area contributed by atoms with Crippen LogP contribution in [0, 0.1) is 5.92 Å². The van der Waals surface area contributed by atoms with Crippen molar-refractivity contribution >= 4 is 26.0 Å². The number of methoxy groups -OCH3 is 1. The van der Waals surface area contributed by atoms with E-state index in [4.69, 9.17) is 4.74 Å². The zero-order valence-corrected chi connectivity index (χ0v) is 15.0. The number of sulfonamides is 1. The van der Waals surface area contributed by atoms with Gasteiger partial charge >= 0.3 is 0 Å². The molecule has 0 fully saturated rings. The van der Waals surface area contributed by atoms with E-state index in [1.807, 2.05) is 6.92 Å². The van der Waals surface area contributed by atoms with E-state index < -0.39 is 10.0 Å². The molecule has 20 heavy (non-hydrogen) atoms. The van der Waals surface area contributed by atoms with E-state index in [2.05, 4.69) is 29.8 Å². The lowest BCUT2D eigenvalue weighted by atomic mass is 10.1. The van der Waals surface area contributed by atoms with E-state index in [9.17, 15) is 8.42 Å². The third kappa shape index (κ3) is 3.96. The molecule has 1 rings (SSSR count). The molecule has 0 aliphatic heterocycles. The van der Waals surface area contributed by atoms with Gasteiger partial charge in [0.1, 0.15) is 10.6 Å². The Hall–Kier alpha value is -0.590. The molecule has 0 radical (unpaired) electrons. The highest BCUT2D eigenvalue weighted by atomic mass is 79.9. The molecule has 1 aromatic carbocycles. The van der Waals surface area contributed by atoms with Crippen LogP contribution in [0.5, 0.6) is 5.75 Å². The SMILES string of the molecule is COc1ccc(Br)cc1S(=O)(=O)N(C)C(C)CC(C)C. The first kappa shape index (κ1) is 17.5. The zero-order valence-electron chi connectivity index (χ0n) is 12.6. The normalized spacial score (nSPS) is 13.8. The summed E-state index contributed by atoms with van der Waals surface area (Å²) in [4.78, 5) is 0.187. The van der Waals surface area contributed by atoms with Crippen LogP contribution in [0.1, 0.15) is 27.2 Å². The van der Waals surface area contributed by atoms with Gasteiger partial charge in [0.2, 0.25) is 10.0 Å². The quantitative estimate of drug-likeness (QED) is 0.776. The number of nitrogens with zero attached hydrogens (tertiary/aromatic N) is 1. The fraction of sp³-hybridized carbons (Fsp3) is 0.571. The molecule has 0 saturated heterocycles. The van der Waals surface area contributed by atoms with E-state index in [0.29, 0.717) is 16.1 Å². The fourth-order valence-electron chi connectivity index (χ4n) is 2.07. The molecule has 0 amide bonds. The molecule has 4 nitrogen and oxygen atoms in total. The van der Waals surface area contributed by atoms with Crippen molar-refractivity contribution in [1.82, 2.24) is 4.31 Å². The third-order valence-electron chi connectivity index (χ3n) is 3.22. The summed E-state index contributed by atoms with van der Waals surface area (Å²) in [6.45, 7) is 6.08. The first-order valence-electron chi connectivity index (χ1n) is 6.51. The van der Waals surface area contributed by atoms with Gasteiger partial charge in [-0.3, -0.25) is 0 Å². The number of ether oxygens (including phenoxy) is 1. The summed E-state index contributed by atoms with van der Waals surface area (Å²) in [5.41, 5.74) is 0. The van der Waals surface area contributed by atoms with Gasteiger partial charge < -0.3 is 4.74 Å². The molecule has 1 aromatic rings. The summed E-state index contributed by atoms with van der Waals surface area (Å²) in [6.07, 6.45) is 0.812. The molecule has 0 aliphatic carbocycles. The van der Waals surface area contributed by atoms with E-state index in [1.165, 1.54) is 11.4 Å². The van der Waals surface area contributed by atoms with Crippen LogP contribution in [0.4, 0.5) is 0 Å². The Labute approximate surface area is 130 Å². The van der Waals surface area contributed by atoms with Crippen LogP contribution in [0.2, 0.25) is 0 Å². The van der Waals surface area contributed by atoms with Gasteiger partial charge in [-0.1, -0.05) is 29.8 Å². The van der Waals surface area contributed by atoms with Crippen LogP contribution in [0.15, 0.2) is 27.6 Å². The third-order valence-corrected chi connectivity index (χ3v) is 5.70. The zero-order chi connectivity index (χ0) is 15.5. The van der Waals surface area contributed by atoms with Crippen molar-refractivity contribution < 1.29 is 13.2 Å². The predicted molar refractivity (Wildman–Crippen MR) is 84.6 cm³/mol. The van der Waals surface area contributed by atoms with Crippen molar-refractivity contribution in [3.05, 3.63) is 22.7 Å². The smallest absolute Gasteiger partial charge is 0.246 e. The first-order chi connectivity index (χ1) is 9.20. The summed E-state index contributed by atoms with van der Waals surface area (Å²) in [6, 6.07) is 4.92. The molecular formula is C14H22BrNO3S. The second kappa shape index (κ2) is 6.91. The number of halogens is 1. The average Bonchev–Trinajstić information content (AvgIpc) is 2.36. The van der Waals surface area contributed by atoms with Crippen molar-refractivity contribution in [2.24, 2.45) is 5.92 Å². The van der Waals surface area contributed by atoms with Crippen LogP contribution in [0.3, 0.4) is 0 Å². The molecule has 114 valence electrons. The van der Waals surface area contributed by atoms with Crippen LogP contribution >= 0.6 is 15.9 Å². The standard InChI is InChI=1S/C14H22BrNO3S/c1-10(2)8-11(3)16(4)20(17,18)14-9-12(15)6-7-13(14)19-5/h6-7,9-11H,8H2,1-5H3. The monoisotopic (exact) mass is 363 g/mol. The summed E-state index contributed by atoms with van der Waals surface area (Å²) in [5, 5.41) is 0. The topological polar surface area (TPSA) is 46.6 Å². The molecule has 0 N–H and O–H groups in total. The predicted octanol–water partition coefficient (Wildman–Crippen LogP) is 3.51. The Balaban J connectivity index is 3.19. The molecule has 0 heterocycles. The van der Waals surface area contributed by atoms with E-state index in [0.717, 1.165) is 6.42 Å². The Morgan fingerprint density at radius 1 is 1.30 bits per heavy atom. The lowest BCUT2D eigenvalue weighted by molar-refractivity contribution is 0.335. The molecule has 1 atom stereocenters. The fourth-order valence-corrected chi connectivity index (χ4v) is 4.14. The summed E-state index contributed by atoms with van der Waals surface area (Å²) in [7, 11) is -0.485. The number of benzene rings is 1. The second-order valence-corrected chi connectivity index (χ2v) is 8.18. The highest BCUT2D eigenvalue weighted by molar-refractivity contribution is 9.10. The van der Waals surface area contributed by atoms with Gasteiger partial charge in [-0.2, -0.15) is 4.31 Å². The molecule has 0 bridgehead atoms. The van der Waals surface area contributed by atoms with Gasteiger partial charge in [-0.15, -0.1) is 0 Å². The van der Waals surface area contributed by atoms with Crippen LogP contribution < -0.4 is 4.74 Å². The molecule has 0 saturated carbocycles. The van der Waals surface area contributed by atoms with E-state index in [1.54, 1.807) is 25.2 Å². The number of hydrogen-bond acceptors (Lipinski definition) is 3. The minimum atomic E-state index is -3.57. The van der Waals surface area contributed by atoms with Gasteiger partial charge in [-0.05, 0) is 37.5 Å². The highest BCUT2D eigenvalue weighted by Crippen LogP contribution is 2.30. The minimum absolute atomic E-state index is 0.0660. The van der Waals surface area contributed by atoms with E-state index in [-0.39, 0.29) is 10.9 Å². The number of rotatable bonds is 6. The van der Waals surface area contributed by atoms with Crippen LogP contribution in [-0.2, 0) is 10.0 Å². The average molecular weight is 364 g/mol. The van der Waals surface area contributed by atoms with Gasteiger partial charge in [0.15, 0.2) is 0 Å². The molecule has 0 aromatic heterocycles. The first-order valence-corrected chi connectivity index (χ1v) is 8.75. The molecule has 6 heteroatoms. The Morgan fingerprint density at radius 3 is 2.40 bits per heavy atom. The maximum absolute atomic E-state index is 12.7. The molecular weight excluding hydrogens is 342 g/mol. The lowest BCUT2D eigenvalue weighted by Gasteiger charge is -2.26. The highest BCUT2D eigenvalue weighted by Gasteiger charge is 2.28. The second-order valence-electron chi connectivity index (χ2n) is 5.30. The van der Waals surface area contributed by atoms with Crippen LogP contribution in [0.25, 0.3) is 0 Å². The Morgan fingerprint density at radius 2 is 1.90 bits per heavy atom. The minimum Gasteiger partial charge on any atom is -0.495 e. The van der Waals surface area contributed by atoms with Gasteiger partial charge in [0.05, 0.1) is 7.11 Å². The maximum Gasteiger partial charge on any atom is 0.246 e. The maximum atomic E-state index is 12.7. The van der Waals surface area contributed by atoms with Gasteiger partial charge in [0.25, 0.3) is 0 Å².